The molecule has 0 radical (unpaired) electrons. The third-order valence-corrected chi connectivity index (χ3v) is 13.9. The minimum absolute atomic E-state index is 0.00228. The summed E-state index contributed by atoms with van der Waals surface area (Å²) in [5, 5.41) is 13.7. The molecular formula is C42H50F2N12O4. The Kier molecular flexibility index (Phi) is 9.52. The summed E-state index contributed by atoms with van der Waals surface area (Å²) in [6.07, 6.45) is 10.2. The maximum Gasteiger partial charge on any atom is 0.329 e. The second-order valence-electron chi connectivity index (χ2n) is 17.8. The molecule has 2 aliphatic carbocycles. The number of aromatic nitrogens is 7. The Morgan fingerprint density at radius 1 is 1.02 bits per heavy atom. The average Bonchev–Trinajstić information content (AvgIpc) is 3.64. The molecular weight excluding hydrogens is 775 g/mol. The first-order valence-electron chi connectivity index (χ1n) is 21.2. The van der Waals surface area contributed by atoms with Gasteiger partial charge in [-0.3, -0.25) is 33.5 Å². The van der Waals surface area contributed by atoms with Gasteiger partial charge < -0.3 is 20.0 Å². The molecule has 5 fully saturated rings. The molecule has 3 amide bonds. The normalized spacial score (nSPS) is 23.3. The minimum Gasteiger partial charge on any atom is -0.370 e. The Bertz CT molecular complexity index is 2550. The highest BCUT2D eigenvalue weighted by molar-refractivity contribution is 6.08. The van der Waals surface area contributed by atoms with Gasteiger partial charge >= 0.3 is 5.69 Å². The van der Waals surface area contributed by atoms with E-state index in [1.54, 1.807) is 28.7 Å². The highest BCUT2D eigenvalue weighted by Gasteiger charge is 2.52. The zero-order valence-corrected chi connectivity index (χ0v) is 33.9. The molecule has 1 atom stereocenters. The van der Waals surface area contributed by atoms with Gasteiger partial charge in [0.25, 0.3) is 12.3 Å². The number of imide groups is 1. The van der Waals surface area contributed by atoms with Gasteiger partial charge in [0.2, 0.25) is 11.8 Å². The molecule has 316 valence electrons. The van der Waals surface area contributed by atoms with E-state index in [1.807, 2.05) is 24.3 Å². The lowest BCUT2D eigenvalue weighted by molar-refractivity contribution is -0.135. The van der Waals surface area contributed by atoms with Crippen molar-refractivity contribution in [1.29, 1.82) is 0 Å². The van der Waals surface area contributed by atoms with E-state index in [4.69, 9.17) is 4.98 Å². The topological polar surface area (TPSA) is 160 Å². The average molecular weight is 825 g/mol. The number of imidazole rings is 1. The number of benzene rings is 1. The molecule has 2 N–H and O–H groups in total. The summed E-state index contributed by atoms with van der Waals surface area (Å²) in [7, 11) is 3.92. The zero-order valence-electron chi connectivity index (χ0n) is 33.9. The molecule has 18 heteroatoms. The number of carbonyl (C=O) groups excluding carboxylic acids is 3. The van der Waals surface area contributed by atoms with Gasteiger partial charge in [-0.15, -0.1) is 0 Å². The van der Waals surface area contributed by atoms with Gasteiger partial charge in [0.05, 0.1) is 34.6 Å². The second-order valence-corrected chi connectivity index (χ2v) is 17.8. The van der Waals surface area contributed by atoms with Crippen LogP contribution in [0.4, 0.5) is 26.0 Å². The van der Waals surface area contributed by atoms with Crippen LogP contribution in [0.3, 0.4) is 0 Å². The van der Waals surface area contributed by atoms with Crippen LogP contribution in [0.1, 0.15) is 98.8 Å². The Hall–Kier alpha value is -5.65. The molecule has 60 heavy (non-hydrogen) atoms. The van der Waals surface area contributed by atoms with Crippen molar-refractivity contribution in [2.75, 3.05) is 54.9 Å². The third-order valence-electron chi connectivity index (χ3n) is 13.9. The Morgan fingerprint density at radius 2 is 1.78 bits per heavy atom. The Balaban J connectivity index is 0.745. The predicted molar refractivity (Wildman–Crippen MR) is 219 cm³/mol. The molecule has 5 aliphatic rings. The van der Waals surface area contributed by atoms with Crippen LogP contribution < -0.4 is 26.1 Å². The number of carbonyl (C=O) groups is 3. The predicted octanol–water partition coefficient (Wildman–Crippen LogP) is 4.68. The van der Waals surface area contributed by atoms with Crippen molar-refractivity contribution < 1.29 is 23.2 Å². The van der Waals surface area contributed by atoms with Crippen molar-refractivity contribution in [3.05, 3.63) is 64.6 Å². The Labute approximate surface area is 344 Å². The molecule has 3 saturated heterocycles. The molecule has 5 aromatic rings. The lowest BCUT2D eigenvalue weighted by atomic mass is 9.85. The highest BCUT2D eigenvalue weighted by atomic mass is 19.3. The van der Waals surface area contributed by atoms with Gasteiger partial charge in [0, 0.05) is 70.0 Å². The summed E-state index contributed by atoms with van der Waals surface area (Å²) in [6.45, 7) is 4.49. The number of rotatable bonds is 10. The third kappa shape index (κ3) is 6.81. The minimum atomic E-state index is -2.86. The number of para-hydroxylation sites is 1. The number of hydrogen-bond donors (Lipinski definition) is 2. The van der Waals surface area contributed by atoms with E-state index >= 15 is 0 Å². The number of nitrogens with zero attached hydrogens (tertiary/aromatic N) is 10. The zero-order chi connectivity index (χ0) is 41.4. The van der Waals surface area contributed by atoms with Gasteiger partial charge in [0.1, 0.15) is 17.4 Å². The van der Waals surface area contributed by atoms with Gasteiger partial charge in [-0.2, -0.15) is 10.2 Å². The van der Waals surface area contributed by atoms with Gasteiger partial charge in [-0.25, -0.2) is 23.1 Å². The number of amides is 3. The lowest BCUT2D eigenvalue weighted by Crippen LogP contribution is -2.48. The Morgan fingerprint density at radius 3 is 2.50 bits per heavy atom. The van der Waals surface area contributed by atoms with E-state index in [2.05, 4.69) is 42.6 Å². The first-order chi connectivity index (χ1) is 28.9. The first kappa shape index (κ1) is 38.5. The number of hydrogen-bond acceptors (Lipinski definition) is 10. The van der Waals surface area contributed by atoms with Crippen LogP contribution in [0.15, 0.2) is 47.7 Å². The number of fused-ring (bicyclic) bond motifs is 2. The molecule has 2 saturated carbocycles. The van der Waals surface area contributed by atoms with Crippen molar-refractivity contribution in [1.82, 2.24) is 43.7 Å². The SMILES string of the molecule is CN(CC1CCC(n2cc(NC(=O)c3cnn4ccc(N5CC6(CC6)C5)nc34)c(C(F)F)n2)CC1)C1CCN(c2cccc3c2n(C)c(=O)n3C2CCC(=O)NC2=O)CC1. The van der Waals surface area contributed by atoms with Gasteiger partial charge in [0.15, 0.2) is 11.3 Å². The fraction of sp³-hybridized carbons (Fsp3) is 0.548. The van der Waals surface area contributed by atoms with Crippen LogP contribution in [0, 0.1) is 11.3 Å². The summed E-state index contributed by atoms with van der Waals surface area (Å²) in [6, 6.07) is 7.33. The van der Waals surface area contributed by atoms with Crippen LogP contribution in [0.25, 0.3) is 16.7 Å². The second kappa shape index (κ2) is 14.8. The number of nitrogens with one attached hydrogen (secondary N) is 2. The summed E-state index contributed by atoms with van der Waals surface area (Å²) < 4.78 is 34.9. The van der Waals surface area contributed by atoms with E-state index in [0.717, 1.165) is 88.3 Å². The fourth-order valence-electron chi connectivity index (χ4n) is 10.3. The van der Waals surface area contributed by atoms with Gasteiger partial charge in [-0.05, 0) is 89.0 Å². The standard InChI is InChI=1S/C42H50F2N12O4/c1-50(26-12-17-52(18-13-26)30-4-3-5-31-36(30)51(2)41(60)56(31)32-10-11-34(57)48-40(32)59)21-25-6-8-27(9-7-25)55-22-29(35(49-55)37(43)44)46-39(58)28-20-45-54-19-14-33(47-38(28)54)53-23-42(24-53)15-16-42/h3-5,14,19-20,22,25-27,32,37H,6-13,15-18,21,23-24H2,1-2H3,(H,46,58)(H,48,57,59). The lowest BCUT2D eigenvalue weighted by Gasteiger charge is -2.40. The van der Waals surface area contributed by atoms with Crippen molar-refractivity contribution in [3.8, 4) is 0 Å². The molecule has 16 nitrogen and oxygen atoms in total. The van der Waals surface area contributed by atoms with Crippen molar-refractivity contribution in [3.63, 3.8) is 0 Å². The molecule has 3 aliphatic heterocycles. The summed E-state index contributed by atoms with van der Waals surface area (Å²) >= 11 is 0. The summed E-state index contributed by atoms with van der Waals surface area (Å²) in [5.74, 6) is -0.0692. The van der Waals surface area contributed by atoms with E-state index in [1.165, 1.54) is 28.1 Å². The van der Waals surface area contributed by atoms with Crippen LogP contribution in [0.5, 0.6) is 0 Å². The monoisotopic (exact) mass is 824 g/mol. The van der Waals surface area contributed by atoms with E-state index in [-0.39, 0.29) is 35.3 Å². The maximum atomic E-state index is 14.3. The largest absolute Gasteiger partial charge is 0.370 e. The van der Waals surface area contributed by atoms with E-state index in [0.29, 0.717) is 35.0 Å². The van der Waals surface area contributed by atoms with Gasteiger partial charge in [-0.1, -0.05) is 6.07 Å². The first-order valence-corrected chi connectivity index (χ1v) is 21.2. The molecule has 1 unspecified atom stereocenters. The van der Waals surface area contributed by atoms with Crippen molar-refractivity contribution in [2.45, 2.75) is 88.8 Å². The van der Waals surface area contributed by atoms with Crippen LogP contribution >= 0.6 is 0 Å². The number of piperidine rings is 2. The number of alkyl halides is 2. The molecule has 0 bridgehead atoms. The number of anilines is 3. The molecule has 4 aromatic heterocycles. The summed E-state index contributed by atoms with van der Waals surface area (Å²) in [4.78, 5) is 63.2. The molecule has 1 spiro atoms. The van der Waals surface area contributed by atoms with Crippen molar-refractivity contribution in [2.24, 2.45) is 18.4 Å². The van der Waals surface area contributed by atoms with E-state index < -0.39 is 30.0 Å². The molecule has 7 heterocycles. The summed E-state index contributed by atoms with van der Waals surface area (Å²) in [5.41, 5.74) is 2.76. The van der Waals surface area contributed by atoms with Crippen LogP contribution in [-0.2, 0) is 16.6 Å². The maximum absolute atomic E-state index is 14.3. The van der Waals surface area contributed by atoms with Crippen molar-refractivity contribution >= 4 is 51.6 Å². The van der Waals surface area contributed by atoms with Crippen LogP contribution in [-0.4, -0.2) is 102 Å². The van der Waals surface area contributed by atoms with Crippen LogP contribution in [0.2, 0.25) is 0 Å². The number of aryl methyl sites for hydroxylation is 1. The highest BCUT2D eigenvalue weighted by Crippen LogP contribution is 2.53. The fourth-order valence-corrected chi connectivity index (χ4v) is 10.3. The quantitative estimate of drug-likeness (QED) is 0.190. The molecule has 1 aromatic carbocycles. The number of halogens is 2. The molecule has 10 rings (SSSR count). The van der Waals surface area contributed by atoms with E-state index in [9.17, 15) is 28.0 Å². The smallest absolute Gasteiger partial charge is 0.329 e.